The second kappa shape index (κ2) is 10.4. The fourth-order valence-electron chi connectivity index (χ4n) is 3.93. The Hall–Kier alpha value is -3.88. The van der Waals surface area contributed by atoms with Crippen LogP contribution in [0.3, 0.4) is 0 Å². The Bertz CT molecular complexity index is 1420. The third-order valence-electron chi connectivity index (χ3n) is 5.73. The Labute approximate surface area is 217 Å². The maximum absolute atomic E-state index is 13.2. The second-order valence-corrected chi connectivity index (χ2v) is 9.00. The molecular formula is C26H21Cl2N5O3. The van der Waals surface area contributed by atoms with Gasteiger partial charge in [0.1, 0.15) is 25.0 Å². The first-order valence-corrected chi connectivity index (χ1v) is 11.9. The Morgan fingerprint density at radius 2 is 1.75 bits per heavy atom. The summed E-state index contributed by atoms with van der Waals surface area (Å²) >= 11 is 12.1. The van der Waals surface area contributed by atoms with Crippen LogP contribution in [-0.2, 0) is 22.7 Å². The number of anilines is 1. The molecule has 182 valence electrons. The number of allylic oxidation sites excluding steroid dienone is 1. The number of halogens is 2. The molecule has 4 aromatic rings. The van der Waals surface area contributed by atoms with Crippen molar-refractivity contribution >= 4 is 35.1 Å². The number of ether oxygens (including phenoxy) is 2. The molecular weight excluding hydrogens is 501 g/mol. The first-order valence-electron chi connectivity index (χ1n) is 11.1. The van der Waals surface area contributed by atoms with Gasteiger partial charge in [0.15, 0.2) is 0 Å². The van der Waals surface area contributed by atoms with Crippen molar-refractivity contribution in [2.75, 3.05) is 5.32 Å². The SMILES string of the molecule is CC1=C(C(=O)OCc2ccccc2)C(c2ccc(OCc3ccc(Cl)c(Cl)c3)cc2)n2nnnc2N1. The van der Waals surface area contributed by atoms with Crippen molar-refractivity contribution in [3.8, 4) is 5.75 Å². The quantitative estimate of drug-likeness (QED) is 0.317. The van der Waals surface area contributed by atoms with Gasteiger partial charge in [0.05, 0.1) is 15.6 Å². The van der Waals surface area contributed by atoms with Gasteiger partial charge in [-0.05, 0) is 58.3 Å². The van der Waals surface area contributed by atoms with Crippen molar-refractivity contribution in [2.24, 2.45) is 0 Å². The van der Waals surface area contributed by atoms with Gasteiger partial charge < -0.3 is 14.8 Å². The minimum Gasteiger partial charge on any atom is -0.489 e. The van der Waals surface area contributed by atoms with Crippen molar-refractivity contribution < 1.29 is 14.3 Å². The van der Waals surface area contributed by atoms with Gasteiger partial charge in [-0.25, -0.2) is 4.79 Å². The molecule has 0 fully saturated rings. The number of carbonyl (C=O) groups is 1. The van der Waals surface area contributed by atoms with Crippen LogP contribution in [0.5, 0.6) is 5.75 Å². The average Bonchev–Trinajstić information content (AvgIpc) is 3.36. The van der Waals surface area contributed by atoms with Crippen LogP contribution in [0.4, 0.5) is 5.95 Å². The summed E-state index contributed by atoms with van der Waals surface area (Å²) in [6.45, 7) is 2.29. The van der Waals surface area contributed by atoms with Crippen molar-refractivity contribution in [1.82, 2.24) is 20.2 Å². The lowest BCUT2D eigenvalue weighted by molar-refractivity contribution is -0.140. The minimum absolute atomic E-state index is 0.160. The van der Waals surface area contributed by atoms with E-state index >= 15 is 0 Å². The van der Waals surface area contributed by atoms with Crippen molar-refractivity contribution in [3.63, 3.8) is 0 Å². The second-order valence-electron chi connectivity index (χ2n) is 8.18. The van der Waals surface area contributed by atoms with E-state index in [0.717, 1.165) is 16.7 Å². The van der Waals surface area contributed by atoms with Crippen LogP contribution in [0.1, 0.15) is 29.7 Å². The molecule has 1 N–H and O–H groups in total. The van der Waals surface area contributed by atoms with E-state index in [0.29, 0.717) is 39.6 Å². The third-order valence-corrected chi connectivity index (χ3v) is 6.47. The van der Waals surface area contributed by atoms with Gasteiger partial charge in [-0.3, -0.25) is 0 Å². The van der Waals surface area contributed by atoms with Crippen molar-refractivity contribution in [1.29, 1.82) is 0 Å². The van der Waals surface area contributed by atoms with Crippen LogP contribution in [-0.4, -0.2) is 26.2 Å². The van der Waals surface area contributed by atoms with E-state index in [1.165, 1.54) is 0 Å². The summed E-state index contributed by atoms with van der Waals surface area (Å²) in [5, 5.41) is 16.0. The highest BCUT2D eigenvalue weighted by Crippen LogP contribution is 2.35. The number of hydrogen-bond acceptors (Lipinski definition) is 7. The van der Waals surface area contributed by atoms with E-state index in [1.807, 2.05) is 60.7 Å². The molecule has 0 spiro atoms. The number of tetrazole rings is 1. The predicted molar refractivity (Wildman–Crippen MR) is 136 cm³/mol. The topological polar surface area (TPSA) is 91.2 Å². The molecule has 0 radical (unpaired) electrons. The summed E-state index contributed by atoms with van der Waals surface area (Å²) in [7, 11) is 0. The fourth-order valence-corrected chi connectivity index (χ4v) is 4.25. The molecule has 0 saturated carbocycles. The van der Waals surface area contributed by atoms with E-state index in [9.17, 15) is 4.79 Å². The highest BCUT2D eigenvalue weighted by molar-refractivity contribution is 6.42. The van der Waals surface area contributed by atoms with Crippen LogP contribution < -0.4 is 10.1 Å². The summed E-state index contributed by atoms with van der Waals surface area (Å²) in [5.41, 5.74) is 3.65. The zero-order valence-corrected chi connectivity index (χ0v) is 20.7. The summed E-state index contributed by atoms with van der Waals surface area (Å²) < 4.78 is 13.1. The number of nitrogens with zero attached hydrogens (tertiary/aromatic N) is 4. The molecule has 1 aromatic heterocycles. The molecule has 0 saturated heterocycles. The molecule has 1 atom stereocenters. The molecule has 36 heavy (non-hydrogen) atoms. The van der Waals surface area contributed by atoms with E-state index < -0.39 is 12.0 Å². The van der Waals surface area contributed by atoms with Crippen LogP contribution in [0.15, 0.2) is 84.1 Å². The normalized spacial score (nSPS) is 14.7. The fraction of sp³-hybridized carbons (Fsp3) is 0.154. The van der Waals surface area contributed by atoms with Crippen LogP contribution >= 0.6 is 23.2 Å². The standard InChI is InChI=1S/C26H21Cl2N5O3/c1-16-23(25(34)36-14-17-5-3-2-4-6-17)24(33-26(29-16)30-31-32-33)19-8-10-20(11-9-19)35-15-18-7-12-21(27)22(28)13-18/h2-13,24H,14-15H2,1H3,(H,29,30,32). The molecule has 2 heterocycles. The van der Waals surface area contributed by atoms with Crippen molar-refractivity contribution in [3.05, 3.63) is 111 Å². The smallest absolute Gasteiger partial charge is 0.338 e. The number of nitrogens with one attached hydrogen (secondary N) is 1. The van der Waals surface area contributed by atoms with Gasteiger partial charge in [0.2, 0.25) is 5.95 Å². The van der Waals surface area contributed by atoms with Crippen LogP contribution in [0, 0.1) is 0 Å². The first kappa shape index (κ1) is 23.8. The van der Waals surface area contributed by atoms with E-state index in [-0.39, 0.29) is 6.61 Å². The molecule has 0 bridgehead atoms. The number of aromatic nitrogens is 4. The zero-order chi connectivity index (χ0) is 25.1. The number of fused-ring (bicyclic) bond motifs is 1. The zero-order valence-electron chi connectivity index (χ0n) is 19.2. The highest BCUT2D eigenvalue weighted by atomic mass is 35.5. The Morgan fingerprint density at radius 1 is 0.972 bits per heavy atom. The molecule has 1 aliphatic rings. The van der Waals surface area contributed by atoms with Gasteiger partial charge >= 0.3 is 5.97 Å². The maximum atomic E-state index is 13.2. The molecule has 0 aliphatic carbocycles. The van der Waals surface area contributed by atoms with Crippen LogP contribution in [0.25, 0.3) is 0 Å². The lowest BCUT2D eigenvalue weighted by atomic mass is 9.95. The molecule has 1 aliphatic heterocycles. The summed E-state index contributed by atoms with van der Waals surface area (Å²) in [6, 6.07) is 21.7. The van der Waals surface area contributed by atoms with E-state index in [4.69, 9.17) is 32.7 Å². The van der Waals surface area contributed by atoms with Crippen molar-refractivity contribution in [2.45, 2.75) is 26.2 Å². The molecule has 1 unspecified atom stereocenters. The monoisotopic (exact) mass is 521 g/mol. The number of esters is 1. The number of carbonyl (C=O) groups excluding carboxylic acids is 1. The largest absolute Gasteiger partial charge is 0.489 e. The average molecular weight is 522 g/mol. The number of benzene rings is 3. The third kappa shape index (κ3) is 5.05. The Morgan fingerprint density at radius 3 is 2.50 bits per heavy atom. The lowest BCUT2D eigenvalue weighted by Gasteiger charge is -2.27. The Balaban J connectivity index is 1.36. The molecule has 3 aromatic carbocycles. The predicted octanol–water partition coefficient (Wildman–Crippen LogP) is 5.59. The summed E-state index contributed by atoms with van der Waals surface area (Å²) in [5.74, 6) is 0.650. The number of hydrogen-bond donors (Lipinski definition) is 1. The van der Waals surface area contributed by atoms with E-state index in [1.54, 1.807) is 23.7 Å². The van der Waals surface area contributed by atoms with Crippen LogP contribution in [0.2, 0.25) is 10.0 Å². The number of rotatable bonds is 7. The van der Waals surface area contributed by atoms with Gasteiger partial charge in [0.25, 0.3) is 0 Å². The minimum atomic E-state index is -0.566. The molecule has 10 heteroatoms. The molecule has 5 rings (SSSR count). The lowest BCUT2D eigenvalue weighted by Crippen LogP contribution is -2.29. The van der Waals surface area contributed by atoms with E-state index in [2.05, 4.69) is 20.8 Å². The van der Waals surface area contributed by atoms with Gasteiger partial charge in [0, 0.05) is 5.70 Å². The Kier molecular flexibility index (Phi) is 6.88. The van der Waals surface area contributed by atoms with Gasteiger partial charge in [-0.2, -0.15) is 4.68 Å². The maximum Gasteiger partial charge on any atom is 0.338 e. The molecule has 8 nitrogen and oxygen atoms in total. The molecule has 0 amide bonds. The van der Waals surface area contributed by atoms with Gasteiger partial charge in [-0.1, -0.05) is 76.8 Å². The summed E-state index contributed by atoms with van der Waals surface area (Å²) in [4.78, 5) is 13.2. The summed E-state index contributed by atoms with van der Waals surface area (Å²) in [6.07, 6.45) is 0. The van der Waals surface area contributed by atoms with Gasteiger partial charge in [-0.15, -0.1) is 0 Å². The first-order chi connectivity index (χ1) is 17.5. The highest BCUT2D eigenvalue weighted by Gasteiger charge is 2.35.